The van der Waals surface area contributed by atoms with Crippen molar-refractivity contribution >= 4 is 5.97 Å². The third-order valence-electron chi connectivity index (χ3n) is 2.94. The fourth-order valence-corrected chi connectivity index (χ4v) is 1.85. The van der Waals surface area contributed by atoms with Gasteiger partial charge in [-0.05, 0) is 25.1 Å². The summed E-state index contributed by atoms with van der Waals surface area (Å²) in [6.45, 7) is 3.26. The van der Waals surface area contributed by atoms with Crippen molar-refractivity contribution in [2.45, 2.75) is 20.0 Å². The molecule has 0 saturated carbocycles. The molecular weight excluding hydrogens is 260 g/mol. The molecule has 0 bridgehead atoms. The Balaban J connectivity index is 1.96. The predicted octanol–water partition coefficient (Wildman–Crippen LogP) is 1.45. The van der Waals surface area contributed by atoms with Crippen molar-refractivity contribution in [2.24, 2.45) is 0 Å². The molecule has 0 atom stereocenters. The number of hydrogen-bond acceptors (Lipinski definition) is 3. The van der Waals surface area contributed by atoms with Crippen molar-refractivity contribution in [1.82, 2.24) is 9.13 Å². The van der Waals surface area contributed by atoms with Gasteiger partial charge in [-0.15, -0.1) is 0 Å². The number of imidazole rings is 1. The summed E-state index contributed by atoms with van der Waals surface area (Å²) in [5, 5.41) is 8.88. The smallest absolute Gasteiger partial charge is 0.335 e. The number of carbonyl (C=O) groups is 1. The Kier molecular flexibility index (Phi) is 4.24. The number of carboxylic acid groups (broad SMARTS) is 1. The van der Waals surface area contributed by atoms with E-state index in [2.05, 4.69) is 0 Å². The SMILES string of the molecule is CCn1ccn(CCOc2cccc(C(=O)O)c2)c1=O. The lowest BCUT2D eigenvalue weighted by molar-refractivity contribution is 0.0696. The number of benzene rings is 1. The Hall–Kier alpha value is -2.50. The van der Waals surface area contributed by atoms with Crippen molar-refractivity contribution in [2.75, 3.05) is 6.61 Å². The maximum Gasteiger partial charge on any atom is 0.335 e. The highest BCUT2D eigenvalue weighted by Crippen LogP contribution is 2.13. The maximum atomic E-state index is 11.8. The summed E-state index contributed by atoms with van der Waals surface area (Å²) >= 11 is 0. The molecule has 2 rings (SSSR count). The summed E-state index contributed by atoms with van der Waals surface area (Å²) in [7, 11) is 0. The molecule has 1 heterocycles. The number of rotatable bonds is 6. The van der Waals surface area contributed by atoms with Crippen LogP contribution >= 0.6 is 0 Å². The van der Waals surface area contributed by atoms with Gasteiger partial charge in [0.25, 0.3) is 0 Å². The van der Waals surface area contributed by atoms with E-state index in [1.165, 1.54) is 12.1 Å². The highest BCUT2D eigenvalue weighted by atomic mass is 16.5. The molecule has 0 aliphatic heterocycles. The van der Waals surface area contributed by atoms with Crippen LogP contribution in [0.1, 0.15) is 17.3 Å². The van der Waals surface area contributed by atoms with Crippen LogP contribution < -0.4 is 10.4 Å². The van der Waals surface area contributed by atoms with Gasteiger partial charge in [-0.3, -0.25) is 9.13 Å². The van der Waals surface area contributed by atoms with Gasteiger partial charge < -0.3 is 9.84 Å². The summed E-state index contributed by atoms with van der Waals surface area (Å²) in [5.74, 6) is -0.514. The molecule has 6 heteroatoms. The number of ether oxygens (including phenoxy) is 1. The van der Waals surface area contributed by atoms with E-state index in [1.54, 1.807) is 33.7 Å². The van der Waals surface area contributed by atoms with Gasteiger partial charge in [-0.1, -0.05) is 6.07 Å². The molecule has 0 aliphatic carbocycles. The fourth-order valence-electron chi connectivity index (χ4n) is 1.85. The largest absolute Gasteiger partial charge is 0.492 e. The van der Waals surface area contributed by atoms with Gasteiger partial charge in [0, 0.05) is 18.9 Å². The first-order chi connectivity index (χ1) is 9.61. The Labute approximate surface area is 115 Å². The Morgan fingerprint density at radius 3 is 2.70 bits per heavy atom. The van der Waals surface area contributed by atoms with Crippen LogP contribution in [-0.4, -0.2) is 26.8 Å². The summed E-state index contributed by atoms with van der Waals surface area (Å²) in [6.07, 6.45) is 3.44. The van der Waals surface area contributed by atoms with Gasteiger partial charge >= 0.3 is 11.7 Å². The van der Waals surface area contributed by atoms with E-state index < -0.39 is 5.97 Å². The molecule has 0 unspecified atom stereocenters. The third kappa shape index (κ3) is 3.09. The van der Waals surface area contributed by atoms with Crippen LogP contribution in [0.3, 0.4) is 0 Å². The highest BCUT2D eigenvalue weighted by Gasteiger charge is 2.05. The quantitative estimate of drug-likeness (QED) is 0.866. The molecule has 0 radical (unpaired) electrons. The minimum Gasteiger partial charge on any atom is -0.492 e. The number of aromatic nitrogens is 2. The first kappa shape index (κ1) is 13.9. The predicted molar refractivity (Wildman–Crippen MR) is 73.3 cm³/mol. The molecule has 106 valence electrons. The lowest BCUT2D eigenvalue weighted by Gasteiger charge is -2.07. The molecular formula is C14H16N2O4. The van der Waals surface area contributed by atoms with Crippen molar-refractivity contribution in [3.8, 4) is 5.75 Å². The molecule has 0 fully saturated rings. The minimum atomic E-state index is -0.994. The van der Waals surface area contributed by atoms with Crippen molar-refractivity contribution in [3.63, 3.8) is 0 Å². The molecule has 6 nitrogen and oxygen atoms in total. The van der Waals surface area contributed by atoms with E-state index in [9.17, 15) is 9.59 Å². The van der Waals surface area contributed by atoms with Crippen LogP contribution in [0.2, 0.25) is 0 Å². The second-order valence-corrected chi connectivity index (χ2v) is 4.24. The van der Waals surface area contributed by atoms with Crippen molar-refractivity contribution in [3.05, 3.63) is 52.7 Å². The number of nitrogens with zero attached hydrogens (tertiary/aromatic N) is 2. The van der Waals surface area contributed by atoms with E-state index in [1.807, 2.05) is 6.92 Å². The van der Waals surface area contributed by atoms with Crippen LogP contribution in [0.5, 0.6) is 5.75 Å². The van der Waals surface area contributed by atoms with Gasteiger partial charge in [-0.2, -0.15) is 0 Å². The standard InChI is InChI=1S/C14H16N2O4/c1-2-15-6-7-16(14(15)19)8-9-20-12-5-3-4-11(10-12)13(17)18/h3-7,10H,2,8-9H2,1H3,(H,17,18). The number of carboxylic acids is 1. The first-order valence-corrected chi connectivity index (χ1v) is 6.33. The van der Waals surface area contributed by atoms with E-state index >= 15 is 0 Å². The monoisotopic (exact) mass is 276 g/mol. The van der Waals surface area contributed by atoms with Gasteiger partial charge in [-0.25, -0.2) is 9.59 Å². The van der Waals surface area contributed by atoms with Crippen molar-refractivity contribution < 1.29 is 14.6 Å². The van der Waals surface area contributed by atoms with Gasteiger partial charge in [0.15, 0.2) is 0 Å². The second-order valence-electron chi connectivity index (χ2n) is 4.24. The van der Waals surface area contributed by atoms with Crippen LogP contribution in [0.25, 0.3) is 0 Å². The van der Waals surface area contributed by atoms with E-state index in [4.69, 9.17) is 9.84 Å². The lowest BCUT2D eigenvalue weighted by Crippen LogP contribution is -2.25. The van der Waals surface area contributed by atoms with Crippen LogP contribution in [0.4, 0.5) is 0 Å². The normalized spacial score (nSPS) is 10.4. The Morgan fingerprint density at radius 1 is 1.30 bits per heavy atom. The zero-order valence-corrected chi connectivity index (χ0v) is 11.2. The average Bonchev–Trinajstić information content (AvgIpc) is 2.80. The summed E-state index contributed by atoms with van der Waals surface area (Å²) in [5.41, 5.74) is 0.104. The highest BCUT2D eigenvalue weighted by molar-refractivity contribution is 5.87. The van der Waals surface area contributed by atoms with Gasteiger partial charge in [0.2, 0.25) is 0 Å². The summed E-state index contributed by atoms with van der Waals surface area (Å²) < 4.78 is 8.63. The molecule has 0 saturated heterocycles. The molecule has 20 heavy (non-hydrogen) atoms. The molecule has 1 N–H and O–H groups in total. The van der Waals surface area contributed by atoms with Gasteiger partial charge in [0.1, 0.15) is 12.4 Å². The number of hydrogen-bond donors (Lipinski definition) is 1. The molecule has 0 amide bonds. The van der Waals surface area contributed by atoms with E-state index in [0.717, 1.165) is 0 Å². The number of aromatic carboxylic acids is 1. The zero-order chi connectivity index (χ0) is 14.5. The van der Waals surface area contributed by atoms with E-state index in [0.29, 0.717) is 25.4 Å². The van der Waals surface area contributed by atoms with Crippen LogP contribution in [0.15, 0.2) is 41.5 Å². The first-order valence-electron chi connectivity index (χ1n) is 6.33. The van der Waals surface area contributed by atoms with E-state index in [-0.39, 0.29) is 11.3 Å². The molecule has 1 aromatic carbocycles. The molecule has 2 aromatic rings. The topological polar surface area (TPSA) is 73.5 Å². The molecule has 0 spiro atoms. The van der Waals surface area contributed by atoms with Crippen molar-refractivity contribution in [1.29, 1.82) is 0 Å². The summed E-state index contributed by atoms with van der Waals surface area (Å²) in [4.78, 5) is 22.6. The summed E-state index contributed by atoms with van der Waals surface area (Å²) in [6, 6.07) is 6.27. The minimum absolute atomic E-state index is 0.0737. The average molecular weight is 276 g/mol. The Bertz CT molecular complexity index is 657. The second kappa shape index (κ2) is 6.10. The number of aryl methyl sites for hydroxylation is 1. The molecule has 1 aromatic heterocycles. The van der Waals surface area contributed by atoms with Crippen LogP contribution in [0, 0.1) is 0 Å². The van der Waals surface area contributed by atoms with Crippen LogP contribution in [-0.2, 0) is 13.1 Å². The molecule has 0 aliphatic rings. The van der Waals surface area contributed by atoms with Gasteiger partial charge in [0.05, 0.1) is 12.1 Å². The zero-order valence-electron chi connectivity index (χ0n) is 11.2. The fraction of sp³-hybridized carbons (Fsp3) is 0.286. The maximum absolute atomic E-state index is 11.8. The lowest BCUT2D eigenvalue weighted by atomic mass is 10.2. The third-order valence-corrected chi connectivity index (χ3v) is 2.94. The Morgan fingerprint density at radius 2 is 2.05 bits per heavy atom.